The Kier molecular flexibility index (Phi) is 4.87. The van der Waals surface area contributed by atoms with Crippen LogP contribution in [0.2, 0.25) is 5.02 Å². The van der Waals surface area contributed by atoms with E-state index in [1.807, 2.05) is 25.1 Å². The van der Waals surface area contributed by atoms with Gasteiger partial charge in [-0.1, -0.05) is 24.6 Å². The number of rotatable bonds is 4. The Balaban J connectivity index is 2.69. The molecule has 0 saturated heterocycles. The maximum Gasteiger partial charge on any atom is 0.147 e. The number of halogens is 1. The first-order chi connectivity index (χ1) is 8.21. The molecule has 0 atom stereocenters. The highest BCUT2D eigenvalue weighted by Gasteiger charge is 1.99. The Morgan fingerprint density at radius 1 is 1.41 bits per heavy atom. The summed E-state index contributed by atoms with van der Waals surface area (Å²) >= 11 is 6.04. The van der Waals surface area contributed by atoms with Crippen molar-refractivity contribution < 1.29 is 0 Å². The fraction of sp³-hybridized carbons (Fsp3) is 0.167. The molecule has 4 nitrogen and oxygen atoms in total. The van der Waals surface area contributed by atoms with Crippen molar-refractivity contribution in [3.63, 3.8) is 0 Å². The van der Waals surface area contributed by atoms with Gasteiger partial charge in [-0.3, -0.25) is 5.43 Å². The summed E-state index contributed by atoms with van der Waals surface area (Å²) in [5.74, 6) is 0. The van der Waals surface area contributed by atoms with Gasteiger partial charge in [-0.25, -0.2) is 0 Å². The van der Waals surface area contributed by atoms with Crippen LogP contribution < -0.4 is 10.9 Å². The van der Waals surface area contributed by atoms with Gasteiger partial charge in [0.2, 0.25) is 0 Å². The molecule has 0 fully saturated rings. The minimum atomic E-state index is -0.0150. The van der Waals surface area contributed by atoms with Crippen molar-refractivity contribution in [2.45, 2.75) is 13.3 Å². The predicted molar refractivity (Wildman–Crippen MR) is 66.9 cm³/mol. The molecule has 0 spiro atoms. The van der Waals surface area contributed by atoms with Crippen LogP contribution in [-0.2, 0) is 6.42 Å². The normalized spacial score (nSPS) is 8.71. The summed E-state index contributed by atoms with van der Waals surface area (Å²) in [6, 6.07) is 9.12. The van der Waals surface area contributed by atoms with Gasteiger partial charge in [0, 0.05) is 6.20 Å². The number of hydrogen-bond acceptors (Lipinski definition) is 4. The number of aryl methyl sites for hydroxylation is 1. The summed E-state index contributed by atoms with van der Waals surface area (Å²) in [7, 11) is 0. The third kappa shape index (κ3) is 3.71. The van der Waals surface area contributed by atoms with Gasteiger partial charge in [-0.15, -0.1) is 0 Å². The molecular formula is C12H11ClN4. The molecule has 0 aliphatic rings. The van der Waals surface area contributed by atoms with Gasteiger partial charge >= 0.3 is 0 Å². The molecule has 86 valence electrons. The highest BCUT2D eigenvalue weighted by Crippen LogP contribution is 2.22. The number of nitrogens with one attached hydrogen (secondary N) is 2. The van der Waals surface area contributed by atoms with Gasteiger partial charge < -0.3 is 5.43 Å². The highest BCUT2D eigenvalue weighted by molar-refractivity contribution is 6.33. The van der Waals surface area contributed by atoms with Crippen molar-refractivity contribution in [2.75, 3.05) is 5.43 Å². The second-order valence-corrected chi connectivity index (χ2v) is 3.63. The first kappa shape index (κ1) is 12.9. The van der Waals surface area contributed by atoms with Crippen molar-refractivity contribution in [3.05, 3.63) is 40.6 Å². The second kappa shape index (κ2) is 6.42. The maximum atomic E-state index is 8.51. The average Bonchev–Trinajstić information content (AvgIpc) is 2.36. The Bertz CT molecular complexity index is 492. The number of hydrazine groups is 1. The predicted octanol–water partition coefficient (Wildman–Crippen LogP) is 2.75. The molecule has 2 N–H and O–H groups in total. The van der Waals surface area contributed by atoms with Gasteiger partial charge in [0.1, 0.15) is 17.7 Å². The molecule has 0 heterocycles. The van der Waals surface area contributed by atoms with Crippen molar-refractivity contribution in [2.24, 2.45) is 0 Å². The summed E-state index contributed by atoms with van der Waals surface area (Å²) in [5.41, 5.74) is 7.26. The minimum Gasteiger partial charge on any atom is -0.306 e. The van der Waals surface area contributed by atoms with Crippen LogP contribution in [0, 0.1) is 22.7 Å². The zero-order valence-electron chi connectivity index (χ0n) is 9.29. The molecule has 0 aliphatic carbocycles. The average molecular weight is 247 g/mol. The molecule has 0 aliphatic heterocycles. The topological polar surface area (TPSA) is 71.6 Å². The lowest BCUT2D eigenvalue weighted by Crippen LogP contribution is -2.15. The van der Waals surface area contributed by atoms with E-state index < -0.39 is 0 Å². The molecule has 1 aromatic rings. The van der Waals surface area contributed by atoms with Crippen molar-refractivity contribution in [1.29, 1.82) is 10.5 Å². The number of allylic oxidation sites excluding steroid dienone is 1. The number of anilines is 1. The third-order valence-electron chi connectivity index (χ3n) is 2.11. The van der Waals surface area contributed by atoms with E-state index in [1.54, 1.807) is 12.1 Å². The Morgan fingerprint density at radius 2 is 2.12 bits per heavy atom. The number of benzene rings is 1. The quantitative estimate of drug-likeness (QED) is 0.633. The first-order valence-electron chi connectivity index (χ1n) is 5.01. The maximum absolute atomic E-state index is 8.51. The highest BCUT2D eigenvalue weighted by atomic mass is 35.5. The lowest BCUT2D eigenvalue weighted by Gasteiger charge is -2.08. The number of nitrogens with zero attached hydrogens (tertiary/aromatic N) is 2. The fourth-order valence-electron chi connectivity index (χ4n) is 1.16. The molecule has 5 heteroatoms. The zero-order valence-corrected chi connectivity index (χ0v) is 10.0. The molecule has 0 amide bonds. The van der Waals surface area contributed by atoms with E-state index >= 15 is 0 Å². The third-order valence-corrected chi connectivity index (χ3v) is 2.42. The van der Waals surface area contributed by atoms with Crippen LogP contribution in [0.1, 0.15) is 12.5 Å². The molecule has 0 radical (unpaired) electrons. The van der Waals surface area contributed by atoms with E-state index in [1.165, 1.54) is 6.20 Å². The van der Waals surface area contributed by atoms with Crippen LogP contribution in [-0.4, -0.2) is 0 Å². The Hall–Kier alpha value is -2.17. The Morgan fingerprint density at radius 3 is 2.65 bits per heavy atom. The van der Waals surface area contributed by atoms with E-state index in [2.05, 4.69) is 10.9 Å². The standard InChI is InChI=1S/C12H11ClN4/c1-2-9-3-4-12(11(13)5-9)17-16-8-10(6-14)7-15/h3-5,8,16-17H,2H2,1H3. The molecule has 17 heavy (non-hydrogen) atoms. The second-order valence-electron chi connectivity index (χ2n) is 3.22. The molecule has 1 rings (SSSR count). The van der Waals surface area contributed by atoms with Crippen LogP contribution in [0.25, 0.3) is 0 Å². The first-order valence-corrected chi connectivity index (χ1v) is 5.39. The molecule has 0 bridgehead atoms. The van der Waals surface area contributed by atoms with Crippen molar-refractivity contribution in [3.8, 4) is 12.1 Å². The van der Waals surface area contributed by atoms with Crippen LogP contribution in [0.4, 0.5) is 5.69 Å². The molecule has 1 aromatic carbocycles. The Labute approximate surface area is 105 Å². The minimum absolute atomic E-state index is 0.0150. The van der Waals surface area contributed by atoms with E-state index in [9.17, 15) is 0 Å². The lowest BCUT2D eigenvalue weighted by molar-refractivity contribution is 1.05. The van der Waals surface area contributed by atoms with Gasteiger partial charge in [0.15, 0.2) is 0 Å². The zero-order chi connectivity index (χ0) is 12.7. The fourth-order valence-corrected chi connectivity index (χ4v) is 1.41. The van der Waals surface area contributed by atoms with E-state index in [4.69, 9.17) is 22.1 Å². The van der Waals surface area contributed by atoms with Gasteiger partial charge in [-0.2, -0.15) is 10.5 Å². The molecule has 0 aromatic heterocycles. The van der Waals surface area contributed by atoms with Crippen molar-refractivity contribution in [1.82, 2.24) is 5.43 Å². The van der Waals surface area contributed by atoms with Crippen LogP contribution >= 0.6 is 11.6 Å². The SMILES string of the molecule is CCc1ccc(NNC=C(C#N)C#N)c(Cl)c1. The van der Waals surface area contributed by atoms with Gasteiger partial charge in [0.05, 0.1) is 10.7 Å². The van der Waals surface area contributed by atoms with Crippen LogP contribution in [0.5, 0.6) is 0 Å². The summed E-state index contributed by atoms with van der Waals surface area (Å²) < 4.78 is 0. The summed E-state index contributed by atoms with van der Waals surface area (Å²) in [4.78, 5) is 0. The monoisotopic (exact) mass is 246 g/mol. The summed E-state index contributed by atoms with van der Waals surface area (Å²) in [6.07, 6.45) is 2.20. The molecule has 0 saturated carbocycles. The number of nitriles is 2. The van der Waals surface area contributed by atoms with E-state index in [0.717, 1.165) is 12.0 Å². The molecular weight excluding hydrogens is 236 g/mol. The molecule has 0 unspecified atom stereocenters. The van der Waals surface area contributed by atoms with Crippen molar-refractivity contribution >= 4 is 17.3 Å². The largest absolute Gasteiger partial charge is 0.306 e. The van der Waals surface area contributed by atoms with Crippen LogP contribution in [0.15, 0.2) is 30.0 Å². The lowest BCUT2D eigenvalue weighted by atomic mass is 10.1. The smallest absolute Gasteiger partial charge is 0.147 e. The number of hydrogen-bond donors (Lipinski definition) is 2. The van der Waals surface area contributed by atoms with Gasteiger partial charge in [0.25, 0.3) is 0 Å². The van der Waals surface area contributed by atoms with Gasteiger partial charge in [-0.05, 0) is 24.1 Å². The van der Waals surface area contributed by atoms with E-state index in [0.29, 0.717) is 10.7 Å². The van der Waals surface area contributed by atoms with Crippen LogP contribution in [0.3, 0.4) is 0 Å². The van der Waals surface area contributed by atoms with E-state index in [-0.39, 0.29) is 5.57 Å². The summed E-state index contributed by atoms with van der Waals surface area (Å²) in [5, 5.41) is 17.6. The summed E-state index contributed by atoms with van der Waals surface area (Å²) in [6.45, 7) is 2.05.